The number of nitrogens with one attached hydrogen (secondary N) is 1. The normalized spacial score (nSPS) is 11.5. The molecule has 22 heavy (non-hydrogen) atoms. The van der Waals surface area contributed by atoms with Crippen molar-refractivity contribution in [2.24, 2.45) is 0 Å². The lowest BCUT2D eigenvalue weighted by atomic mass is 10.4. The van der Waals surface area contributed by atoms with Crippen LogP contribution in [0.4, 0.5) is 0 Å². The zero-order valence-corrected chi connectivity index (χ0v) is 13.4. The number of hydrogen-bond donors (Lipinski definition) is 1. The molecule has 0 fully saturated rings. The highest BCUT2D eigenvalue weighted by Gasteiger charge is 2.20. The first kappa shape index (κ1) is 14.7. The SMILES string of the molecule is O=C(NS(=O)(=O)c1ccccc1)c1cn2cc(Br)cnc2n1. The molecule has 0 spiro atoms. The van der Waals surface area contributed by atoms with E-state index in [4.69, 9.17) is 0 Å². The Morgan fingerprint density at radius 1 is 1.18 bits per heavy atom. The topological polar surface area (TPSA) is 93.4 Å². The number of sulfonamides is 1. The molecule has 0 atom stereocenters. The molecule has 0 radical (unpaired) electrons. The van der Waals surface area contributed by atoms with Crippen LogP contribution in [0.25, 0.3) is 5.78 Å². The molecular formula is C13H9BrN4O3S. The average Bonchev–Trinajstić information content (AvgIpc) is 2.91. The van der Waals surface area contributed by atoms with E-state index < -0.39 is 15.9 Å². The molecule has 0 saturated heterocycles. The Balaban J connectivity index is 1.90. The lowest BCUT2D eigenvalue weighted by molar-refractivity contribution is 0.0977. The predicted octanol–water partition coefficient (Wildman–Crippen LogP) is 1.61. The molecule has 3 rings (SSSR count). The second kappa shape index (κ2) is 5.50. The van der Waals surface area contributed by atoms with Crippen LogP contribution in [0, 0.1) is 0 Å². The molecule has 0 unspecified atom stereocenters. The predicted molar refractivity (Wildman–Crippen MR) is 81.8 cm³/mol. The number of aromatic nitrogens is 3. The number of fused-ring (bicyclic) bond motifs is 1. The summed E-state index contributed by atoms with van der Waals surface area (Å²) in [4.78, 5) is 20.1. The van der Waals surface area contributed by atoms with Gasteiger partial charge in [0.15, 0.2) is 0 Å². The van der Waals surface area contributed by atoms with Crippen molar-refractivity contribution in [1.29, 1.82) is 0 Å². The number of amides is 1. The van der Waals surface area contributed by atoms with E-state index in [0.29, 0.717) is 10.3 Å². The first-order valence-electron chi connectivity index (χ1n) is 6.08. The molecule has 0 aliphatic rings. The average molecular weight is 381 g/mol. The van der Waals surface area contributed by atoms with Gasteiger partial charge in [0.2, 0.25) is 5.78 Å². The maximum absolute atomic E-state index is 12.1. The Morgan fingerprint density at radius 3 is 2.64 bits per heavy atom. The molecule has 3 aromatic rings. The van der Waals surface area contributed by atoms with Crippen molar-refractivity contribution in [3.05, 3.63) is 59.1 Å². The Bertz CT molecular complexity index is 954. The van der Waals surface area contributed by atoms with Crippen LogP contribution in [0.1, 0.15) is 10.5 Å². The number of carbonyl (C=O) groups is 1. The van der Waals surface area contributed by atoms with E-state index in [2.05, 4.69) is 25.9 Å². The van der Waals surface area contributed by atoms with Gasteiger partial charge in [0.1, 0.15) is 5.69 Å². The Labute approximate surface area is 134 Å². The fourth-order valence-electron chi connectivity index (χ4n) is 1.80. The number of hydrogen-bond acceptors (Lipinski definition) is 5. The minimum absolute atomic E-state index is 0.00739. The van der Waals surface area contributed by atoms with Gasteiger partial charge >= 0.3 is 0 Å². The number of halogens is 1. The second-order valence-corrected chi connectivity index (χ2v) is 6.95. The maximum Gasteiger partial charge on any atom is 0.285 e. The molecule has 9 heteroatoms. The maximum atomic E-state index is 12.1. The minimum Gasteiger partial charge on any atom is -0.289 e. The van der Waals surface area contributed by atoms with Crippen LogP contribution < -0.4 is 4.72 Å². The van der Waals surface area contributed by atoms with Gasteiger partial charge in [-0.1, -0.05) is 18.2 Å². The third-order valence-corrected chi connectivity index (χ3v) is 4.55. The Kier molecular flexibility index (Phi) is 3.67. The summed E-state index contributed by atoms with van der Waals surface area (Å²) >= 11 is 3.25. The molecule has 2 heterocycles. The van der Waals surface area contributed by atoms with Crippen molar-refractivity contribution >= 4 is 37.6 Å². The van der Waals surface area contributed by atoms with Gasteiger partial charge in [-0.2, -0.15) is 0 Å². The molecule has 2 aromatic heterocycles. The highest BCUT2D eigenvalue weighted by molar-refractivity contribution is 9.10. The Morgan fingerprint density at radius 2 is 1.91 bits per heavy atom. The zero-order chi connectivity index (χ0) is 15.7. The van der Waals surface area contributed by atoms with Crippen LogP contribution in [0.5, 0.6) is 0 Å². The molecule has 1 amide bonds. The van der Waals surface area contributed by atoms with E-state index in [9.17, 15) is 13.2 Å². The van der Waals surface area contributed by atoms with Gasteiger partial charge < -0.3 is 0 Å². The van der Waals surface area contributed by atoms with Gasteiger partial charge in [-0.3, -0.25) is 9.20 Å². The monoisotopic (exact) mass is 380 g/mol. The van der Waals surface area contributed by atoms with E-state index in [1.807, 2.05) is 4.72 Å². The molecule has 0 aliphatic heterocycles. The fraction of sp³-hybridized carbons (Fsp3) is 0. The first-order chi connectivity index (χ1) is 10.5. The van der Waals surface area contributed by atoms with Crippen molar-refractivity contribution in [3.63, 3.8) is 0 Å². The van der Waals surface area contributed by atoms with Crippen LogP contribution in [0.3, 0.4) is 0 Å². The summed E-state index contributed by atoms with van der Waals surface area (Å²) in [5, 5.41) is 0. The van der Waals surface area contributed by atoms with Crippen LogP contribution in [-0.2, 0) is 10.0 Å². The van der Waals surface area contributed by atoms with Crippen LogP contribution in [-0.4, -0.2) is 28.7 Å². The zero-order valence-electron chi connectivity index (χ0n) is 11.0. The largest absolute Gasteiger partial charge is 0.289 e. The van der Waals surface area contributed by atoms with Crippen molar-refractivity contribution in [3.8, 4) is 0 Å². The molecule has 0 aliphatic carbocycles. The molecule has 1 N–H and O–H groups in total. The summed E-state index contributed by atoms with van der Waals surface area (Å²) in [7, 11) is -3.93. The minimum atomic E-state index is -3.93. The van der Waals surface area contributed by atoms with Gasteiger partial charge in [-0.05, 0) is 28.1 Å². The number of benzene rings is 1. The van der Waals surface area contributed by atoms with E-state index in [1.54, 1.807) is 24.4 Å². The van der Waals surface area contributed by atoms with Gasteiger partial charge in [-0.15, -0.1) is 0 Å². The van der Waals surface area contributed by atoms with Crippen LogP contribution in [0.2, 0.25) is 0 Å². The highest BCUT2D eigenvalue weighted by atomic mass is 79.9. The van der Waals surface area contributed by atoms with Crippen molar-refractivity contribution in [2.45, 2.75) is 4.90 Å². The third kappa shape index (κ3) is 2.85. The lowest BCUT2D eigenvalue weighted by Gasteiger charge is -2.04. The smallest absolute Gasteiger partial charge is 0.285 e. The molecule has 112 valence electrons. The molecule has 1 aromatic carbocycles. The van der Waals surface area contributed by atoms with Crippen LogP contribution in [0.15, 0.2) is 58.3 Å². The Hall–Kier alpha value is -2.26. The molecular weight excluding hydrogens is 372 g/mol. The standard InChI is InChI=1S/C13H9BrN4O3S/c14-9-6-15-13-16-11(8-18(13)7-9)12(19)17-22(20,21)10-4-2-1-3-5-10/h1-8H,(H,17,19). The lowest BCUT2D eigenvalue weighted by Crippen LogP contribution is -2.30. The second-order valence-electron chi connectivity index (χ2n) is 4.35. The van der Waals surface area contributed by atoms with Gasteiger partial charge in [0, 0.05) is 18.6 Å². The fourth-order valence-corrected chi connectivity index (χ4v) is 3.11. The summed E-state index contributed by atoms with van der Waals surface area (Å²) in [6.07, 6.45) is 4.60. The number of carbonyl (C=O) groups excluding carboxylic acids is 1. The highest BCUT2D eigenvalue weighted by Crippen LogP contribution is 2.11. The summed E-state index contributed by atoms with van der Waals surface area (Å²) in [5.74, 6) is -0.518. The number of rotatable bonds is 3. The number of nitrogens with zero attached hydrogens (tertiary/aromatic N) is 3. The van der Waals surface area contributed by atoms with Gasteiger partial charge in [0.05, 0.1) is 9.37 Å². The quantitative estimate of drug-likeness (QED) is 0.744. The molecule has 0 bridgehead atoms. The summed E-state index contributed by atoms with van der Waals surface area (Å²) in [6, 6.07) is 7.64. The van der Waals surface area contributed by atoms with E-state index in [-0.39, 0.29) is 10.6 Å². The van der Waals surface area contributed by atoms with Crippen molar-refractivity contribution < 1.29 is 13.2 Å². The van der Waals surface area contributed by atoms with Crippen molar-refractivity contribution in [1.82, 2.24) is 19.1 Å². The summed E-state index contributed by atoms with van der Waals surface area (Å²) in [6.45, 7) is 0. The first-order valence-corrected chi connectivity index (χ1v) is 8.36. The molecule has 0 saturated carbocycles. The van der Waals surface area contributed by atoms with E-state index >= 15 is 0 Å². The van der Waals surface area contributed by atoms with Crippen molar-refractivity contribution in [2.75, 3.05) is 0 Å². The number of imidazole rings is 1. The van der Waals surface area contributed by atoms with Crippen LogP contribution >= 0.6 is 15.9 Å². The van der Waals surface area contributed by atoms with E-state index in [1.165, 1.54) is 28.9 Å². The summed E-state index contributed by atoms with van der Waals surface area (Å²) in [5.41, 5.74) is -0.0369. The van der Waals surface area contributed by atoms with E-state index in [0.717, 1.165) is 0 Å². The third-order valence-electron chi connectivity index (χ3n) is 2.79. The summed E-state index contributed by atoms with van der Waals surface area (Å²) < 4.78 is 28.4. The van der Waals surface area contributed by atoms with Gasteiger partial charge in [-0.25, -0.2) is 23.1 Å². The van der Waals surface area contributed by atoms with Gasteiger partial charge in [0.25, 0.3) is 15.9 Å². The molecule has 7 nitrogen and oxygen atoms in total.